The fourth-order valence-electron chi connectivity index (χ4n) is 2.95. The van der Waals surface area contributed by atoms with E-state index in [1.807, 2.05) is 25.1 Å². The van der Waals surface area contributed by atoms with Crippen molar-refractivity contribution >= 4 is 39.1 Å². The number of hydrogen-bond donors (Lipinski definition) is 1. The fraction of sp³-hybridized carbons (Fsp3) is 0.316. The second-order valence-electron chi connectivity index (χ2n) is 6.35. The van der Waals surface area contributed by atoms with E-state index in [0.29, 0.717) is 17.9 Å². The molecule has 26 heavy (non-hydrogen) atoms. The molecule has 1 heterocycles. The van der Waals surface area contributed by atoms with Gasteiger partial charge < -0.3 is 4.90 Å². The number of fused-ring (bicyclic) bond motifs is 1. The van der Waals surface area contributed by atoms with Crippen LogP contribution in [-0.4, -0.2) is 26.1 Å². The Bertz CT molecular complexity index is 942. The number of rotatable bonds is 4. The Balaban J connectivity index is 1.96. The molecule has 0 spiro atoms. The van der Waals surface area contributed by atoms with Crippen molar-refractivity contribution in [2.24, 2.45) is 0 Å². The van der Waals surface area contributed by atoms with Crippen molar-refractivity contribution in [2.75, 3.05) is 16.2 Å². The van der Waals surface area contributed by atoms with Crippen molar-refractivity contribution in [3.63, 3.8) is 0 Å². The molecule has 0 radical (unpaired) electrons. The number of benzene rings is 2. The van der Waals surface area contributed by atoms with Gasteiger partial charge in [-0.05, 0) is 42.3 Å². The first-order chi connectivity index (χ1) is 12.3. The van der Waals surface area contributed by atoms with Crippen molar-refractivity contribution in [1.29, 1.82) is 0 Å². The minimum atomic E-state index is -3.73. The maximum absolute atomic E-state index is 12.8. The highest BCUT2D eigenvalue weighted by molar-refractivity contribution is 8.00. The third-order valence-corrected chi connectivity index (χ3v) is 6.80. The predicted molar refractivity (Wildman–Crippen MR) is 106 cm³/mol. The number of anilines is 2. The Morgan fingerprint density at radius 3 is 2.73 bits per heavy atom. The number of thioether (sulfide) groups is 1. The van der Waals surface area contributed by atoms with Crippen LogP contribution in [0.3, 0.4) is 0 Å². The number of hydrogen-bond acceptors (Lipinski definition) is 4. The minimum absolute atomic E-state index is 0.0865. The molecule has 0 unspecified atom stereocenters. The van der Waals surface area contributed by atoms with Crippen LogP contribution in [0, 0.1) is 0 Å². The van der Waals surface area contributed by atoms with Crippen LogP contribution in [0.25, 0.3) is 0 Å². The van der Waals surface area contributed by atoms with E-state index in [1.165, 1.54) is 6.92 Å². The third kappa shape index (κ3) is 3.88. The highest BCUT2D eigenvalue weighted by Crippen LogP contribution is 2.39. The van der Waals surface area contributed by atoms with Gasteiger partial charge in [-0.1, -0.05) is 26.0 Å². The summed E-state index contributed by atoms with van der Waals surface area (Å²) in [5, 5.41) is 0.267. The standard InChI is InChI=1S/C19H22N2O3S2/c1-4-15-6-5-7-16(10-15)20-26(23,24)17-8-9-19-18(11-17)21(14(3)22)12-13(2)25-19/h5-11,13,20H,4,12H2,1-3H3/t13-/m1/s1. The summed E-state index contributed by atoms with van der Waals surface area (Å²) in [6, 6.07) is 12.3. The van der Waals surface area contributed by atoms with E-state index in [0.717, 1.165) is 16.9 Å². The molecule has 0 saturated heterocycles. The maximum atomic E-state index is 12.8. The predicted octanol–water partition coefficient (Wildman–Crippen LogP) is 3.90. The van der Waals surface area contributed by atoms with Crippen LogP contribution in [-0.2, 0) is 21.2 Å². The van der Waals surface area contributed by atoms with Gasteiger partial charge in [-0.25, -0.2) is 8.42 Å². The normalized spacial score (nSPS) is 16.9. The molecule has 7 heteroatoms. The SMILES string of the molecule is CCc1cccc(NS(=O)(=O)c2ccc3c(c2)N(C(C)=O)C[C@@H](C)S3)c1. The van der Waals surface area contributed by atoms with E-state index in [9.17, 15) is 13.2 Å². The van der Waals surface area contributed by atoms with Gasteiger partial charge in [0.2, 0.25) is 5.91 Å². The molecule has 0 aromatic heterocycles. The van der Waals surface area contributed by atoms with Gasteiger partial charge in [-0.3, -0.25) is 9.52 Å². The van der Waals surface area contributed by atoms with Gasteiger partial charge in [0, 0.05) is 29.3 Å². The van der Waals surface area contributed by atoms with Gasteiger partial charge in [0.25, 0.3) is 10.0 Å². The number of aryl methyl sites for hydroxylation is 1. The summed E-state index contributed by atoms with van der Waals surface area (Å²) in [5.74, 6) is -0.0865. The quantitative estimate of drug-likeness (QED) is 0.860. The molecule has 2 aromatic rings. The molecular formula is C19H22N2O3S2. The monoisotopic (exact) mass is 390 g/mol. The van der Waals surface area contributed by atoms with Crippen LogP contribution >= 0.6 is 11.8 Å². The zero-order valence-electron chi connectivity index (χ0n) is 15.0. The molecule has 1 aliphatic heterocycles. The van der Waals surface area contributed by atoms with E-state index in [4.69, 9.17) is 0 Å². The van der Waals surface area contributed by atoms with E-state index in [-0.39, 0.29) is 16.1 Å². The second-order valence-corrected chi connectivity index (χ2v) is 9.51. The lowest BCUT2D eigenvalue weighted by Gasteiger charge is -2.32. The highest BCUT2D eigenvalue weighted by Gasteiger charge is 2.27. The number of sulfonamides is 1. The average Bonchev–Trinajstić information content (AvgIpc) is 2.60. The largest absolute Gasteiger partial charge is 0.310 e. The summed E-state index contributed by atoms with van der Waals surface area (Å²) >= 11 is 1.65. The van der Waals surface area contributed by atoms with Crippen LogP contribution < -0.4 is 9.62 Å². The summed E-state index contributed by atoms with van der Waals surface area (Å²) < 4.78 is 28.2. The van der Waals surface area contributed by atoms with Crippen LogP contribution in [0.15, 0.2) is 52.3 Å². The number of carbonyl (C=O) groups is 1. The highest BCUT2D eigenvalue weighted by atomic mass is 32.2. The molecule has 1 atom stereocenters. The van der Waals surface area contributed by atoms with Gasteiger partial charge >= 0.3 is 0 Å². The van der Waals surface area contributed by atoms with Crippen LogP contribution in [0.5, 0.6) is 0 Å². The minimum Gasteiger partial charge on any atom is -0.310 e. The number of nitrogens with zero attached hydrogens (tertiary/aromatic N) is 1. The molecule has 0 fully saturated rings. The molecule has 1 amide bonds. The van der Waals surface area contributed by atoms with E-state index in [1.54, 1.807) is 40.9 Å². The zero-order chi connectivity index (χ0) is 18.9. The van der Waals surface area contributed by atoms with Gasteiger partial charge in [0.1, 0.15) is 0 Å². The molecule has 0 aliphatic carbocycles. The summed E-state index contributed by atoms with van der Waals surface area (Å²) in [6.45, 7) is 6.15. The van der Waals surface area contributed by atoms with Crippen molar-refractivity contribution < 1.29 is 13.2 Å². The first-order valence-electron chi connectivity index (χ1n) is 8.50. The number of amides is 1. The maximum Gasteiger partial charge on any atom is 0.261 e. The van der Waals surface area contributed by atoms with Crippen molar-refractivity contribution in [1.82, 2.24) is 0 Å². The molecular weight excluding hydrogens is 368 g/mol. The topological polar surface area (TPSA) is 66.5 Å². The first-order valence-corrected chi connectivity index (χ1v) is 10.9. The number of nitrogens with one attached hydrogen (secondary N) is 1. The van der Waals surface area contributed by atoms with Crippen molar-refractivity contribution in [2.45, 2.75) is 42.2 Å². The van der Waals surface area contributed by atoms with Gasteiger partial charge in [0.05, 0.1) is 10.6 Å². The van der Waals surface area contributed by atoms with E-state index < -0.39 is 10.0 Å². The molecule has 2 aromatic carbocycles. The zero-order valence-corrected chi connectivity index (χ0v) is 16.7. The molecule has 138 valence electrons. The van der Waals surface area contributed by atoms with E-state index in [2.05, 4.69) is 11.6 Å². The Hall–Kier alpha value is -1.99. The Morgan fingerprint density at radius 2 is 2.04 bits per heavy atom. The van der Waals surface area contributed by atoms with Gasteiger partial charge in [-0.15, -0.1) is 11.8 Å². The van der Waals surface area contributed by atoms with Crippen LogP contribution in [0.2, 0.25) is 0 Å². The second kappa shape index (κ2) is 7.32. The first kappa shape index (κ1) is 18.8. The average molecular weight is 391 g/mol. The van der Waals surface area contributed by atoms with Crippen LogP contribution in [0.4, 0.5) is 11.4 Å². The molecule has 5 nitrogen and oxygen atoms in total. The van der Waals surface area contributed by atoms with Crippen LogP contribution in [0.1, 0.15) is 26.3 Å². The summed E-state index contributed by atoms with van der Waals surface area (Å²) in [4.78, 5) is 14.7. The van der Waals surface area contributed by atoms with Crippen molar-refractivity contribution in [3.8, 4) is 0 Å². The lowest BCUT2D eigenvalue weighted by molar-refractivity contribution is -0.116. The molecule has 0 saturated carbocycles. The lowest BCUT2D eigenvalue weighted by Crippen LogP contribution is -2.37. The molecule has 0 bridgehead atoms. The fourth-order valence-corrected chi connectivity index (χ4v) is 5.11. The Morgan fingerprint density at radius 1 is 1.27 bits per heavy atom. The third-order valence-electron chi connectivity index (χ3n) is 4.27. The lowest BCUT2D eigenvalue weighted by atomic mass is 10.1. The van der Waals surface area contributed by atoms with Gasteiger partial charge in [0.15, 0.2) is 0 Å². The van der Waals surface area contributed by atoms with E-state index >= 15 is 0 Å². The summed E-state index contributed by atoms with van der Waals surface area (Å²) in [5.41, 5.74) is 2.25. The molecule has 1 aliphatic rings. The summed E-state index contributed by atoms with van der Waals surface area (Å²) in [6.07, 6.45) is 0.831. The smallest absolute Gasteiger partial charge is 0.261 e. The Kier molecular flexibility index (Phi) is 5.29. The molecule has 1 N–H and O–H groups in total. The van der Waals surface area contributed by atoms with Crippen molar-refractivity contribution in [3.05, 3.63) is 48.0 Å². The van der Waals surface area contributed by atoms with Gasteiger partial charge in [-0.2, -0.15) is 0 Å². The Labute approximate surface area is 158 Å². The molecule has 3 rings (SSSR count). The summed E-state index contributed by atoms with van der Waals surface area (Å²) in [7, 11) is -3.73. The number of carbonyl (C=O) groups excluding carboxylic acids is 1.